The predicted molar refractivity (Wildman–Crippen MR) is 96.1 cm³/mol. The molecule has 0 N–H and O–H groups in total. The summed E-state index contributed by atoms with van der Waals surface area (Å²) < 4.78 is 7.61. The van der Waals surface area contributed by atoms with Crippen molar-refractivity contribution in [1.82, 2.24) is 24.6 Å². The van der Waals surface area contributed by atoms with E-state index in [9.17, 15) is 4.79 Å². The first-order chi connectivity index (χ1) is 12.0. The number of amides is 1. The summed E-state index contributed by atoms with van der Waals surface area (Å²) in [5.41, 5.74) is 0.951. The number of pyridine rings is 1. The average Bonchev–Trinajstić information content (AvgIpc) is 2.94. The number of carbonyl (C=O) groups is 1. The Bertz CT molecular complexity index is 726. The molecule has 2 aromatic rings. The molecule has 0 bridgehead atoms. The standard InChI is InChI=1S/C17H23N5O2S/c1-11-9-22(10-12(2)24-11)16(23)13(3)25-17-20-19-15(21(17)4)14-5-7-18-8-6-14/h5-8,11-13H,9-10H2,1-4H3/t11-,12+,13-/m1/s1. The molecule has 0 unspecified atom stereocenters. The summed E-state index contributed by atoms with van der Waals surface area (Å²) in [6, 6.07) is 3.78. The maximum Gasteiger partial charge on any atom is 0.236 e. The zero-order valence-electron chi connectivity index (χ0n) is 14.9. The molecule has 0 aliphatic carbocycles. The van der Waals surface area contributed by atoms with Crippen molar-refractivity contribution in [1.29, 1.82) is 0 Å². The molecule has 1 amide bonds. The van der Waals surface area contributed by atoms with E-state index >= 15 is 0 Å². The van der Waals surface area contributed by atoms with Gasteiger partial charge in [-0.05, 0) is 32.9 Å². The normalized spacial score (nSPS) is 22.0. The molecular formula is C17H23N5O2S. The van der Waals surface area contributed by atoms with Crippen LogP contribution >= 0.6 is 11.8 Å². The van der Waals surface area contributed by atoms with E-state index in [2.05, 4.69) is 15.2 Å². The molecule has 1 fully saturated rings. The molecule has 1 saturated heterocycles. The number of hydrogen-bond acceptors (Lipinski definition) is 6. The van der Waals surface area contributed by atoms with E-state index < -0.39 is 0 Å². The molecule has 0 aromatic carbocycles. The van der Waals surface area contributed by atoms with Gasteiger partial charge in [0.1, 0.15) is 0 Å². The molecule has 25 heavy (non-hydrogen) atoms. The molecule has 134 valence electrons. The first-order valence-corrected chi connectivity index (χ1v) is 9.24. The Balaban J connectivity index is 1.70. The van der Waals surface area contributed by atoms with Gasteiger partial charge in [0.2, 0.25) is 5.91 Å². The van der Waals surface area contributed by atoms with Crippen LogP contribution < -0.4 is 0 Å². The fourth-order valence-corrected chi connectivity index (χ4v) is 3.89. The van der Waals surface area contributed by atoms with Crippen LogP contribution in [0.4, 0.5) is 0 Å². The molecule has 3 atom stereocenters. The van der Waals surface area contributed by atoms with Crippen molar-refractivity contribution in [3.05, 3.63) is 24.5 Å². The third kappa shape index (κ3) is 4.01. The Hall–Kier alpha value is -1.93. The Kier molecular flexibility index (Phi) is 5.39. The lowest BCUT2D eigenvalue weighted by molar-refractivity contribution is -0.142. The van der Waals surface area contributed by atoms with Gasteiger partial charge in [-0.15, -0.1) is 10.2 Å². The Morgan fingerprint density at radius 1 is 1.24 bits per heavy atom. The first-order valence-electron chi connectivity index (χ1n) is 8.36. The van der Waals surface area contributed by atoms with Gasteiger partial charge in [-0.1, -0.05) is 11.8 Å². The van der Waals surface area contributed by atoms with Crippen LogP contribution in [-0.2, 0) is 16.6 Å². The van der Waals surface area contributed by atoms with Gasteiger partial charge in [0.15, 0.2) is 11.0 Å². The quantitative estimate of drug-likeness (QED) is 0.776. The van der Waals surface area contributed by atoms with Crippen molar-refractivity contribution >= 4 is 17.7 Å². The zero-order chi connectivity index (χ0) is 18.0. The van der Waals surface area contributed by atoms with E-state index in [0.29, 0.717) is 13.1 Å². The second-order valence-corrected chi connectivity index (χ2v) is 7.67. The van der Waals surface area contributed by atoms with Crippen molar-refractivity contribution in [2.75, 3.05) is 13.1 Å². The van der Waals surface area contributed by atoms with E-state index in [0.717, 1.165) is 16.5 Å². The van der Waals surface area contributed by atoms with E-state index in [-0.39, 0.29) is 23.4 Å². The minimum atomic E-state index is -0.231. The molecule has 0 saturated carbocycles. The topological polar surface area (TPSA) is 73.1 Å². The summed E-state index contributed by atoms with van der Waals surface area (Å²) in [5, 5.41) is 9.00. The highest BCUT2D eigenvalue weighted by molar-refractivity contribution is 8.00. The van der Waals surface area contributed by atoms with E-state index in [1.807, 2.05) is 49.4 Å². The lowest BCUT2D eigenvalue weighted by Gasteiger charge is -2.36. The SMILES string of the molecule is C[C@@H]1CN(C(=O)[C@@H](C)Sc2nnc(-c3ccncc3)n2C)C[C@H](C)O1. The maximum atomic E-state index is 12.8. The number of carbonyl (C=O) groups excluding carboxylic acids is 1. The van der Waals surface area contributed by atoms with Gasteiger partial charge in [-0.2, -0.15) is 0 Å². The molecule has 3 heterocycles. The Morgan fingerprint density at radius 3 is 2.52 bits per heavy atom. The molecule has 3 rings (SSSR count). The van der Waals surface area contributed by atoms with Crippen LogP contribution in [0.2, 0.25) is 0 Å². The highest BCUT2D eigenvalue weighted by Crippen LogP contribution is 2.27. The van der Waals surface area contributed by atoms with Gasteiger partial charge in [-0.25, -0.2) is 0 Å². The highest BCUT2D eigenvalue weighted by atomic mass is 32.2. The molecule has 2 aromatic heterocycles. The lowest BCUT2D eigenvalue weighted by Crippen LogP contribution is -2.50. The van der Waals surface area contributed by atoms with Gasteiger partial charge in [0.25, 0.3) is 0 Å². The minimum Gasteiger partial charge on any atom is -0.372 e. The van der Waals surface area contributed by atoms with Crippen molar-refractivity contribution in [2.45, 2.75) is 43.4 Å². The van der Waals surface area contributed by atoms with Crippen LogP contribution in [-0.4, -0.2) is 61.1 Å². The van der Waals surface area contributed by atoms with Gasteiger partial charge >= 0.3 is 0 Å². The summed E-state index contributed by atoms with van der Waals surface area (Å²) in [6.07, 6.45) is 3.59. The summed E-state index contributed by atoms with van der Waals surface area (Å²) in [4.78, 5) is 18.7. The summed E-state index contributed by atoms with van der Waals surface area (Å²) >= 11 is 1.43. The zero-order valence-corrected chi connectivity index (χ0v) is 15.7. The molecule has 1 aliphatic rings. The fraction of sp³-hybridized carbons (Fsp3) is 0.529. The second kappa shape index (κ2) is 7.53. The molecule has 8 heteroatoms. The lowest BCUT2D eigenvalue weighted by atomic mass is 10.2. The van der Waals surface area contributed by atoms with Crippen LogP contribution in [0.25, 0.3) is 11.4 Å². The molecule has 7 nitrogen and oxygen atoms in total. The highest BCUT2D eigenvalue weighted by Gasteiger charge is 2.30. The summed E-state index contributed by atoms with van der Waals surface area (Å²) in [6.45, 7) is 7.18. The smallest absolute Gasteiger partial charge is 0.236 e. The Labute approximate surface area is 151 Å². The second-order valence-electron chi connectivity index (χ2n) is 6.36. The number of ether oxygens (including phenoxy) is 1. The van der Waals surface area contributed by atoms with E-state index in [4.69, 9.17) is 4.74 Å². The summed E-state index contributed by atoms with van der Waals surface area (Å²) in [7, 11) is 1.91. The number of rotatable bonds is 4. The predicted octanol–water partition coefficient (Wildman–Crippen LogP) is 1.99. The van der Waals surface area contributed by atoms with Crippen LogP contribution in [0.15, 0.2) is 29.7 Å². The van der Waals surface area contributed by atoms with Gasteiger partial charge in [-0.3, -0.25) is 9.78 Å². The van der Waals surface area contributed by atoms with E-state index in [1.165, 1.54) is 11.8 Å². The molecular weight excluding hydrogens is 338 g/mol. The van der Waals surface area contributed by atoms with Crippen LogP contribution in [0.1, 0.15) is 20.8 Å². The van der Waals surface area contributed by atoms with E-state index in [1.54, 1.807) is 12.4 Å². The number of morpholine rings is 1. The molecule has 1 aliphatic heterocycles. The van der Waals surface area contributed by atoms with Crippen molar-refractivity contribution in [3.63, 3.8) is 0 Å². The van der Waals surface area contributed by atoms with Gasteiger partial charge < -0.3 is 14.2 Å². The molecule has 0 spiro atoms. The summed E-state index contributed by atoms with van der Waals surface area (Å²) in [5.74, 6) is 0.874. The number of hydrogen-bond donors (Lipinski definition) is 0. The molecule has 0 radical (unpaired) electrons. The van der Waals surface area contributed by atoms with Crippen molar-refractivity contribution in [3.8, 4) is 11.4 Å². The number of aromatic nitrogens is 4. The third-order valence-corrected chi connectivity index (χ3v) is 5.26. The average molecular weight is 361 g/mol. The van der Waals surface area contributed by atoms with Crippen LogP contribution in [0.5, 0.6) is 0 Å². The van der Waals surface area contributed by atoms with Crippen LogP contribution in [0.3, 0.4) is 0 Å². The monoisotopic (exact) mass is 361 g/mol. The maximum absolute atomic E-state index is 12.8. The number of thioether (sulfide) groups is 1. The third-order valence-electron chi connectivity index (χ3n) is 4.13. The minimum absolute atomic E-state index is 0.0676. The largest absolute Gasteiger partial charge is 0.372 e. The number of nitrogens with zero attached hydrogens (tertiary/aromatic N) is 5. The van der Waals surface area contributed by atoms with Crippen molar-refractivity contribution in [2.24, 2.45) is 7.05 Å². The Morgan fingerprint density at radius 2 is 1.88 bits per heavy atom. The fourth-order valence-electron chi connectivity index (χ4n) is 2.99. The van der Waals surface area contributed by atoms with Gasteiger partial charge in [0, 0.05) is 38.1 Å². The van der Waals surface area contributed by atoms with Crippen molar-refractivity contribution < 1.29 is 9.53 Å². The van der Waals surface area contributed by atoms with Crippen LogP contribution in [0, 0.1) is 0 Å². The van der Waals surface area contributed by atoms with Gasteiger partial charge in [0.05, 0.1) is 17.5 Å². The first kappa shape index (κ1) is 17.9.